The van der Waals surface area contributed by atoms with Crippen molar-refractivity contribution in [3.05, 3.63) is 56.0 Å². The Hall–Kier alpha value is -2.58. The molecule has 0 saturated carbocycles. The van der Waals surface area contributed by atoms with Crippen LogP contribution in [0.3, 0.4) is 0 Å². The third-order valence-corrected chi connectivity index (χ3v) is 4.22. The number of H-pyrrole nitrogens is 1. The predicted octanol–water partition coefficient (Wildman–Crippen LogP) is 2.36. The highest BCUT2D eigenvalue weighted by Crippen LogP contribution is 2.30. The number of hydrogen-bond donors (Lipinski definition) is 1. The van der Waals surface area contributed by atoms with Gasteiger partial charge in [0.05, 0.1) is 11.9 Å². The summed E-state index contributed by atoms with van der Waals surface area (Å²) < 4.78 is 1.05. The van der Waals surface area contributed by atoms with E-state index in [4.69, 9.17) is 6.42 Å². The normalized spacial score (nSPS) is 10.7. The minimum absolute atomic E-state index is 0.0344. The number of nitrogens with zero attached hydrogens (tertiary/aromatic N) is 1. The van der Waals surface area contributed by atoms with Gasteiger partial charge >= 0.3 is 5.69 Å². The van der Waals surface area contributed by atoms with E-state index in [1.807, 2.05) is 36.6 Å². The van der Waals surface area contributed by atoms with Crippen molar-refractivity contribution in [3.63, 3.8) is 0 Å². The van der Waals surface area contributed by atoms with Crippen LogP contribution in [0.4, 0.5) is 0 Å². The fourth-order valence-electron chi connectivity index (χ4n) is 2.23. The molecule has 1 aromatic carbocycles. The van der Waals surface area contributed by atoms with Gasteiger partial charge in [-0.1, -0.05) is 35.7 Å². The lowest BCUT2D eigenvalue weighted by atomic mass is 10.1. The van der Waals surface area contributed by atoms with Crippen molar-refractivity contribution in [1.29, 1.82) is 0 Å². The van der Waals surface area contributed by atoms with E-state index in [2.05, 4.69) is 10.9 Å². The van der Waals surface area contributed by atoms with E-state index in [0.717, 1.165) is 21.3 Å². The summed E-state index contributed by atoms with van der Waals surface area (Å²) in [6.07, 6.45) is 5.22. The van der Waals surface area contributed by atoms with E-state index >= 15 is 0 Å². The molecule has 0 fully saturated rings. The molecule has 21 heavy (non-hydrogen) atoms. The topological polar surface area (TPSA) is 54.9 Å². The van der Waals surface area contributed by atoms with Crippen LogP contribution in [0.5, 0.6) is 0 Å². The number of benzene rings is 1. The number of aryl methyl sites for hydroxylation is 1. The molecule has 0 radical (unpaired) electrons. The van der Waals surface area contributed by atoms with E-state index in [1.54, 1.807) is 0 Å². The second-order valence-electron chi connectivity index (χ2n) is 4.75. The quantitative estimate of drug-likeness (QED) is 0.738. The summed E-state index contributed by atoms with van der Waals surface area (Å²) in [7, 11) is 0. The van der Waals surface area contributed by atoms with Gasteiger partial charge in [-0.3, -0.25) is 9.78 Å². The zero-order valence-corrected chi connectivity index (χ0v) is 12.2. The molecule has 0 atom stereocenters. The van der Waals surface area contributed by atoms with Crippen LogP contribution in [-0.4, -0.2) is 9.55 Å². The second kappa shape index (κ2) is 5.08. The molecule has 2 aromatic heterocycles. The van der Waals surface area contributed by atoms with Gasteiger partial charge in [0.2, 0.25) is 0 Å². The van der Waals surface area contributed by atoms with Crippen LogP contribution >= 0.6 is 11.3 Å². The average molecular weight is 296 g/mol. The highest BCUT2D eigenvalue weighted by atomic mass is 32.1. The van der Waals surface area contributed by atoms with Gasteiger partial charge < -0.3 is 0 Å². The lowest BCUT2D eigenvalue weighted by molar-refractivity contribution is 0.743. The minimum Gasteiger partial charge on any atom is -0.298 e. The summed E-state index contributed by atoms with van der Waals surface area (Å²) in [4.78, 5) is 27.7. The Morgan fingerprint density at radius 3 is 2.67 bits per heavy atom. The highest BCUT2D eigenvalue weighted by Gasteiger charge is 2.14. The molecule has 4 nitrogen and oxygen atoms in total. The summed E-state index contributed by atoms with van der Waals surface area (Å²) in [5.74, 6) is 2.34. The van der Waals surface area contributed by atoms with Gasteiger partial charge in [-0.05, 0) is 12.5 Å². The van der Waals surface area contributed by atoms with Crippen LogP contribution in [0.1, 0.15) is 5.56 Å². The van der Waals surface area contributed by atoms with E-state index in [9.17, 15) is 9.59 Å². The predicted molar refractivity (Wildman–Crippen MR) is 85.7 cm³/mol. The fraction of sp³-hybridized carbons (Fsp3) is 0.125. The van der Waals surface area contributed by atoms with Crippen LogP contribution in [0.15, 0.2) is 39.2 Å². The van der Waals surface area contributed by atoms with E-state index in [0.29, 0.717) is 10.2 Å². The molecule has 1 N–H and O–H groups in total. The third kappa shape index (κ3) is 2.20. The first-order valence-electron chi connectivity index (χ1n) is 6.36. The molecule has 0 bridgehead atoms. The standard InChI is InChI=1S/C16H12N2O2S/c1-3-8-18-15(19)13-12(9-21-14(13)17-16(18)20)11-6-4-10(2)5-7-11/h1,4-7,9H,8H2,2H3,(H,17,20). The number of fused-ring (bicyclic) bond motifs is 1. The molecule has 0 aliphatic heterocycles. The molecule has 0 spiro atoms. The summed E-state index contributed by atoms with van der Waals surface area (Å²) >= 11 is 1.35. The molecular formula is C16H12N2O2S. The third-order valence-electron chi connectivity index (χ3n) is 3.33. The molecule has 0 saturated heterocycles. The van der Waals surface area contributed by atoms with Crippen molar-refractivity contribution >= 4 is 21.6 Å². The maximum absolute atomic E-state index is 12.5. The molecule has 0 aliphatic carbocycles. The molecule has 3 aromatic rings. The van der Waals surface area contributed by atoms with Crippen molar-refractivity contribution in [2.24, 2.45) is 0 Å². The van der Waals surface area contributed by atoms with Gasteiger partial charge in [0.1, 0.15) is 4.83 Å². The fourth-order valence-corrected chi connectivity index (χ4v) is 3.19. The highest BCUT2D eigenvalue weighted by molar-refractivity contribution is 7.17. The monoisotopic (exact) mass is 296 g/mol. The number of rotatable bonds is 2. The Morgan fingerprint density at radius 1 is 1.29 bits per heavy atom. The Morgan fingerprint density at radius 2 is 2.00 bits per heavy atom. The van der Waals surface area contributed by atoms with Crippen LogP contribution in [0.25, 0.3) is 21.3 Å². The first-order chi connectivity index (χ1) is 10.1. The lowest BCUT2D eigenvalue weighted by Gasteiger charge is -2.03. The average Bonchev–Trinajstić information content (AvgIpc) is 2.88. The Labute approximate surface area is 124 Å². The van der Waals surface area contributed by atoms with Crippen LogP contribution in [-0.2, 0) is 6.54 Å². The van der Waals surface area contributed by atoms with Gasteiger partial charge in [-0.2, -0.15) is 0 Å². The number of terminal acetylenes is 1. The molecule has 5 heteroatoms. The molecule has 104 valence electrons. The number of nitrogens with one attached hydrogen (secondary N) is 1. The molecule has 2 heterocycles. The number of aromatic amines is 1. The summed E-state index contributed by atoms with van der Waals surface area (Å²) in [6.45, 7) is 1.97. The van der Waals surface area contributed by atoms with Gasteiger partial charge in [-0.15, -0.1) is 17.8 Å². The van der Waals surface area contributed by atoms with Crippen LogP contribution in [0, 0.1) is 19.3 Å². The van der Waals surface area contributed by atoms with Crippen molar-refractivity contribution in [2.75, 3.05) is 0 Å². The minimum atomic E-state index is -0.470. The van der Waals surface area contributed by atoms with Crippen molar-refractivity contribution in [3.8, 4) is 23.5 Å². The van der Waals surface area contributed by atoms with Crippen LogP contribution < -0.4 is 11.2 Å². The maximum atomic E-state index is 12.5. The first-order valence-corrected chi connectivity index (χ1v) is 7.24. The largest absolute Gasteiger partial charge is 0.330 e. The number of hydrogen-bond acceptors (Lipinski definition) is 3. The zero-order chi connectivity index (χ0) is 15.0. The van der Waals surface area contributed by atoms with Gasteiger partial charge in [0.15, 0.2) is 0 Å². The van der Waals surface area contributed by atoms with Gasteiger partial charge in [-0.25, -0.2) is 9.36 Å². The SMILES string of the molecule is C#CCn1c(=O)[nH]c2scc(-c3ccc(C)cc3)c2c1=O. The molecule has 0 amide bonds. The second-order valence-corrected chi connectivity index (χ2v) is 5.62. The van der Waals surface area contributed by atoms with Gasteiger partial charge in [0, 0.05) is 10.9 Å². The van der Waals surface area contributed by atoms with Gasteiger partial charge in [0.25, 0.3) is 5.56 Å². The maximum Gasteiger partial charge on any atom is 0.330 e. The Bertz CT molecular complexity index is 969. The molecular weight excluding hydrogens is 284 g/mol. The molecule has 3 rings (SSSR count). The van der Waals surface area contributed by atoms with E-state index in [1.165, 1.54) is 11.3 Å². The summed E-state index contributed by atoms with van der Waals surface area (Å²) in [6, 6.07) is 7.91. The van der Waals surface area contributed by atoms with E-state index in [-0.39, 0.29) is 12.1 Å². The Kier molecular flexibility index (Phi) is 3.24. The van der Waals surface area contributed by atoms with Crippen LogP contribution in [0.2, 0.25) is 0 Å². The Balaban J connectivity index is 2.34. The van der Waals surface area contributed by atoms with Crippen molar-refractivity contribution in [2.45, 2.75) is 13.5 Å². The number of aromatic nitrogens is 2. The lowest BCUT2D eigenvalue weighted by Crippen LogP contribution is -2.34. The smallest absolute Gasteiger partial charge is 0.298 e. The number of thiophene rings is 1. The first kappa shape index (κ1) is 13.4. The summed E-state index contributed by atoms with van der Waals surface area (Å²) in [5.41, 5.74) is 2.10. The van der Waals surface area contributed by atoms with Crippen molar-refractivity contribution < 1.29 is 0 Å². The molecule has 0 unspecified atom stereocenters. The summed E-state index contributed by atoms with van der Waals surface area (Å²) in [5, 5.41) is 2.39. The van der Waals surface area contributed by atoms with E-state index < -0.39 is 5.69 Å². The molecule has 0 aliphatic rings. The van der Waals surface area contributed by atoms with Crippen molar-refractivity contribution in [1.82, 2.24) is 9.55 Å². The zero-order valence-electron chi connectivity index (χ0n) is 11.3.